The summed E-state index contributed by atoms with van der Waals surface area (Å²) in [7, 11) is 0. The fourth-order valence-electron chi connectivity index (χ4n) is 2.18. The van der Waals surface area contributed by atoms with E-state index in [2.05, 4.69) is 5.32 Å². The maximum Gasteiger partial charge on any atom is 0.416 e. The summed E-state index contributed by atoms with van der Waals surface area (Å²) in [5, 5.41) is 2.43. The van der Waals surface area contributed by atoms with Crippen LogP contribution in [0.15, 0.2) is 18.2 Å². The Balaban J connectivity index is 2.16. The zero-order valence-corrected chi connectivity index (χ0v) is 11.3. The lowest BCUT2D eigenvalue weighted by Crippen LogP contribution is -2.47. The van der Waals surface area contributed by atoms with E-state index in [4.69, 9.17) is 17.3 Å². The number of benzene rings is 1. The fourth-order valence-corrected chi connectivity index (χ4v) is 2.40. The second-order valence-corrected chi connectivity index (χ2v) is 5.39. The highest BCUT2D eigenvalue weighted by molar-refractivity contribution is 6.33. The summed E-state index contributed by atoms with van der Waals surface area (Å²) in [6.07, 6.45) is -2.16. The van der Waals surface area contributed by atoms with Crippen LogP contribution in [0, 0.1) is 5.41 Å². The molecule has 1 saturated carbocycles. The molecule has 3 nitrogen and oxygen atoms in total. The number of hydrogen-bond donors (Lipinski definition) is 2. The summed E-state index contributed by atoms with van der Waals surface area (Å²) in [5.74, 6) is -0.284. The topological polar surface area (TPSA) is 55.1 Å². The minimum absolute atomic E-state index is 0.139. The predicted octanol–water partition coefficient (Wildman–Crippen LogP) is 3.43. The molecule has 1 fully saturated rings. The lowest BCUT2D eigenvalue weighted by molar-refractivity contribution is -0.137. The van der Waals surface area contributed by atoms with E-state index >= 15 is 0 Å². The summed E-state index contributed by atoms with van der Waals surface area (Å²) in [6, 6.07) is 2.84. The van der Waals surface area contributed by atoms with Crippen molar-refractivity contribution in [2.75, 3.05) is 11.9 Å². The van der Waals surface area contributed by atoms with Gasteiger partial charge in [-0.25, -0.2) is 0 Å². The molecule has 0 unspecified atom stereocenters. The van der Waals surface area contributed by atoms with Crippen LogP contribution in [0.1, 0.15) is 24.8 Å². The Labute approximate surface area is 119 Å². The average Bonchev–Trinajstić information content (AvgIpc) is 2.29. The normalized spacial score (nSPS) is 17.4. The van der Waals surface area contributed by atoms with Gasteiger partial charge in [0.25, 0.3) is 0 Å². The Morgan fingerprint density at radius 2 is 2.05 bits per heavy atom. The van der Waals surface area contributed by atoms with Crippen molar-refractivity contribution in [3.63, 3.8) is 0 Å². The number of rotatable bonds is 3. The van der Waals surface area contributed by atoms with Crippen LogP contribution in [0.3, 0.4) is 0 Å². The van der Waals surface area contributed by atoms with Crippen LogP contribution < -0.4 is 11.1 Å². The van der Waals surface area contributed by atoms with Gasteiger partial charge in [-0.3, -0.25) is 4.79 Å². The third kappa shape index (κ3) is 2.76. The van der Waals surface area contributed by atoms with Crippen molar-refractivity contribution in [2.24, 2.45) is 11.1 Å². The number of nitrogens with one attached hydrogen (secondary N) is 1. The van der Waals surface area contributed by atoms with Gasteiger partial charge in [0.1, 0.15) is 0 Å². The van der Waals surface area contributed by atoms with E-state index in [-0.39, 0.29) is 23.2 Å². The van der Waals surface area contributed by atoms with Crippen LogP contribution in [0.4, 0.5) is 18.9 Å². The molecule has 0 bridgehead atoms. The van der Waals surface area contributed by atoms with Gasteiger partial charge in [0.2, 0.25) is 5.91 Å². The largest absolute Gasteiger partial charge is 0.416 e. The number of alkyl halides is 3. The van der Waals surface area contributed by atoms with Crippen molar-refractivity contribution in [3.8, 4) is 0 Å². The van der Waals surface area contributed by atoms with Crippen LogP contribution in [0.25, 0.3) is 0 Å². The van der Waals surface area contributed by atoms with Crippen LogP contribution in [0.2, 0.25) is 5.02 Å². The Hall–Kier alpha value is -1.27. The molecule has 1 aromatic rings. The standard InChI is InChI=1S/C13H14ClF3N2O/c14-9-6-8(13(15,16)17)2-3-10(9)19-11(20)12(7-18)4-1-5-12/h2-3,6H,1,4-5,7,18H2,(H,19,20). The predicted molar refractivity (Wildman–Crippen MR) is 70.4 cm³/mol. The molecule has 0 aliphatic heterocycles. The molecule has 20 heavy (non-hydrogen) atoms. The van der Waals surface area contributed by atoms with Gasteiger partial charge in [0.05, 0.1) is 21.7 Å². The van der Waals surface area contributed by atoms with E-state index < -0.39 is 17.2 Å². The van der Waals surface area contributed by atoms with Crippen LogP contribution in [0.5, 0.6) is 0 Å². The lowest BCUT2D eigenvalue weighted by atomic mass is 9.68. The number of hydrogen-bond acceptors (Lipinski definition) is 2. The van der Waals surface area contributed by atoms with Crippen LogP contribution in [-0.2, 0) is 11.0 Å². The van der Waals surface area contributed by atoms with Crippen molar-refractivity contribution in [2.45, 2.75) is 25.4 Å². The number of amides is 1. The molecule has 2 rings (SSSR count). The Kier molecular flexibility index (Phi) is 3.97. The molecule has 0 saturated heterocycles. The molecule has 0 heterocycles. The summed E-state index contributed by atoms with van der Waals surface area (Å²) >= 11 is 5.79. The number of nitrogens with two attached hydrogens (primary N) is 1. The summed E-state index contributed by atoms with van der Waals surface area (Å²) in [5.41, 5.74) is 4.32. The third-order valence-electron chi connectivity index (χ3n) is 3.73. The van der Waals surface area contributed by atoms with Gasteiger partial charge >= 0.3 is 6.18 Å². The number of halogens is 4. The number of carbonyl (C=O) groups excluding carboxylic acids is 1. The highest BCUT2D eigenvalue weighted by atomic mass is 35.5. The Morgan fingerprint density at radius 3 is 2.45 bits per heavy atom. The van der Waals surface area contributed by atoms with Gasteiger partial charge in [-0.15, -0.1) is 0 Å². The van der Waals surface area contributed by atoms with Gasteiger partial charge in [-0.1, -0.05) is 18.0 Å². The minimum atomic E-state index is -4.46. The van der Waals surface area contributed by atoms with E-state index in [1.165, 1.54) is 0 Å². The van der Waals surface area contributed by atoms with Gasteiger partial charge in [0, 0.05) is 6.54 Å². The molecular weight excluding hydrogens is 293 g/mol. The zero-order chi connectivity index (χ0) is 15.0. The molecular formula is C13H14ClF3N2O. The second kappa shape index (κ2) is 5.26. The lowest BCUT2D eigenvalue weighted by Gasteiger charge is -2.39. The van der Waals surface area contributed by atoms with E-state index in [1.807, 2.05) is 0 Å². The van der Waals surface area contributed by atoms with Crippen molar-refractivity contribution in [1.82, 2.24) is 0 Å². The van der Waals surface area contributed by atoms with Crippen molar-refractivity contribution >= 4 is 23.2 Å². The zero-order valence-electron chi connectivity index (χ0n) is 10.6. The molecule has 0 spiro atoms. The second-order valence-electron chi connectivity index (χ2n) is 4.98. The van der Waals surface area contributed by atoms with Crippen molar-refractivity contribution < 1.29 is 18.0 Å². The maximum absolute atomic E-state index is 12.5. The molecule has 1 aliphatic rings. The molecule has 3 N–H and O–H groups in total. The molecule has 0 radical (unpaired) electrons. The number of carbonyl (C=O) groups is 1. The fraction of sp³-hybridized carbons (Fsp3) is 0.462. The summed E-state index contributed by atoms with van der Waals surface area (Å²) in [6.45, 7) is 0.219. The Morgan fingerprint density at radius 1 is 1.40 bits per heavy atom. The molecule has 7 heteroatoms. The first-order valence-electron chi connectivity index (χ1n) is 6.17. The summed E-state index contributed by atoms with van der Waals surface area (Å²) < 4.78 is 37.5. The van der Waals surface area contributed by atoms with Gasteiger partial charge in [-0.05, 0) is 31.0 Å². The van der Waals surface area contributed by atoms with Crippen molar-refractivity contribution in [1.29, 1.82) is 0 Å². The van der Waals surface area contributed by atoms with Gasteiger partial charge < -0.3 is 11.1 Å². The SMILES string of the molecule is NCC1(C(=O)Nc2ccc(C(F)(F)F)cc2Cl)CCC1. The smallest absolute Gasteiger partial charge is 0.329 e. The third-order valence-corrected chi connectivity index (χ3v) is 4.04. The molecule has 1 aliphatic carbocycles. The Bertz CT molecular complexity index is 521. The van der Waals surface area contributed by atoms with Crippen molar-refractivity contribution in [3.05, 3.63) is 28.8 Å². The first kappa shape index (κ1) is 15.1. The van der Waals surface area contributed by atoms with Gasteiger partial charge in [-0.2, -0.15) is 13.2 Å². The van der Waals surface area contributed by atoms with E-state index in [0.717, 1.165) is 24.6 Å². The molecule has 0 aromatic heterocycles. The molecule has 1 aromatic carbocycles. The highest BCUT2D eigenvalue weighted by Crippen LogP contribution is 2.41. The minimum Gasteiger partial charge on any atom is -0.329 e. The highest BCUT2D eigenvalue weighted by Gasteiger charge is 2.43. The van der Waals surface area contributed by atoms with E-state index in [1.54, 1.807) is 0 Å². The van der Waals surface area contributed by atoms with Crippen LogP contribution in [-0.4, -0.2) is 12.5 Å². The molecule has 1 amide bonds. The molecule has 0 atom stereocenters. The summed E-state index contributed by atoms with van der Waals surface area (Å²) in [4.78, 5) is 12.1. The van der Waals surface area contributed by atoms with Crippen LogP contribution >= 0.6 is 11.6 Å². The number of anilines is 1. The first-order valence-corrected chi connectivity index (χ1v) is 6.54. The maximum atomic E-state index is 12.5. The average molecular weight is 307 g/mol. The first-order chi connectivity index (χ1) is 9.28. The van der Waals surface area contributed by atoms with E-state index in [9.17, 15) is 18.0 Å². The quantitative estimate of drug-likeness (QED) is 0.899. The monoisotopic (exact) mass is 306 g/mol. The van der Waals surface area contributed by atoms with E-state index in [0.29, 0.717) is 12.8 Å². The van der Waals surface area contributed by atoms with Gasteiger partial charge in [0.15, 0.2) is 0 Å². The molecule has 110 valence electrons.